The van der Waals surface area contributed by atoms with Crippen molar-refractivity contribution in [1.82, 2.24) is 30.2 Å². The lowest BCUT2D eigenvalue weighted by Gasteiger charge is -2.40. The van der Waals surface area contributed by atoms with Crippen LogP contribution in [-0.4, -0.2) is 56.3 Å². The maximum Gasteiger partial charge on any atom is 0.207 e. The van der Waals surface area contributed by atoms with Gasteiger partial charge in [0.05, 0.1) is 6.04 Å². The van der Waals surface area contributed by atoms with Crippen molar-refractivity contribution >= 4 is 22.2 Å². The summed E-state index contributed by atoms with van der Waals surface area (Å²) in [6.07, 6.45) is 0. The molecule has 1 saturated heterocycles. The number of hydrogen-bond acceptors (Lipinski definition) is 6. The van der Waals surface area contributed by atoms with E-state index in [0.29, 0.717) is 5.65 Å². The Morgan fingerprint density at radius 1 is 0.656 bits per heavy atom. The van der Waals surface area contributed by atoms with Crippen LogP contribution in [0.5, 0.6) is 0 Å². The Labute approximate surface area is 185 Å². The molecule has 3 aromatic carbocycles. The van der Waals surface area contributed by atoms with Gasteiger partial charge < -0.3 is 4.90 Å². The molecule has 0 radical (unpaired) electrons. The Bertz CT molecular complexity index is 1300. The largest absolute Gasteiger partial charge is 0.352 e. The zero-order valence-electron chi connectivity index (χ0n) is 17.6. The Kier molecular flexibility index (Phi) is 4.73. The molecule has 158 valence electrons. The third-order valence-electron chi connectivity index (χ3n) is 6.26. The van der Waals surface area contributed by atoms with Crippen molar-refractivity contribution in [1.29, 1.82) is 0 Å². The molecule has 0 unspecified atom stereocenters. The van der Waals surface area contributed by atoms with Gasteiger partial charge in [-0.2, -0.15) is 0 Å². The molecule has 3 heterocycles. The van der Waals surface area contributed by atoms with Gasteiger partial charge in [-0.3, -0.25) is 4.90 Å². The predicted molar refractivity (Wildman–Crippen MR) is 125 cm³/mol. The molecule has 32 heavy (non-hydrogen) atoms. The molecule has 0 bridgehead atoms. The average molecular weight is 422 g/mol. The molecule has 1 aliphatic heterocycles. The zero-order chi connectivity index (χ0) is 21.3. The monoisotopic (exact) mass is 421 g/mol. The SMILES string of the molecule is c1ccc(C(c2ccccc2)N2CCN(c3nn4nnnc4c4ccccc34)CC2)cc1. The van der Waals surface area contributed by atoms with Crippen molar-refractivity contribution in [2.24, 2.45) is 0 Å². The number of nitrogens with zero attached hydrogens (tertiary/aromatic N) is 7. The Balaban J connectivity index is 1.32. The molecular formula is C25H23N7. The highest BCUT2D eigenvalue weighted by atomic mass is 15.6. The molecule has 0 atom stereocenters. The summed E-state index contributed by atoms with van der Waals surface area (Å²) in [6, 6.07) is 30.0. The Morgan fingerprint density at radius 3 is 1.91 bits per heavy atom. The molecular weight excluding hydrogens is 398 g/mol. The van der Waals surface area contributed by atoms with Crippen LogP contribution in [0.4, 0.5) is 5.82 Å². The van der Waals surface area contributed by atoms with E-state index in [4.69, 9.17) is 5.10 Å². The van der Waals surface area contributed by atoms with Crippen LogP contribution < -0.4 is 4.90 Å². The van der Waals surface area contributed by atoms with Gasteiger partial charge in [0.25, 0.3) is 0 Å². The first-order chi connectivity index (χ1) is 15.9. The highest BCUT2D eigenvalue weighted by molar-refractivity contribution is 5.99. The summed E-state index contributed by atoms with van der Waals surface area (Å²) >= 11 is 0. The summed E-state index contributed by atoms with van der Waals surface area (Å²) in [5.41, 5.74) is 3.34. The van der Waals surface area contributed by atoms with Crippen molar-refractivity contribution in [3.8, 4) is 0 Å². The predicted octanol–water partition coefficient (Wildman–Crippen LogP) is 3.58. The van der Waals surface area contributed by atoms with E-state index in [1.807, 2.05) is 12.1 Å². The fourth-order valence-electron chi connectivity index (χ4n) is 4.74. The van der Waals surface area contributed by atoms with Gasteiger partial charge in [0, 0.05) is 37.0 Å². The quantitative estimate of drug-likeness (QED) is 0.442. The Hall–Kier alpha value is -3.84. The summed E-state index contributed by atoms with van der Waals surface area (Å²) in [6.45, 7) is 3.66. The molecule has 5 aromatic rings. The minimum absolute atomic E-state index is 0.242. The van der Waals surface area contributed by atoms with E-state index in [-0.39, 0.29) is 6.04 Å². The first kappa shape index (κ1) is 18.9. The van der Waals surface area contributed by atoms with Gasteiger partial charge in [0.15, 0.2) is 5.82 Å². The number of tetrazole rings is 1. The molecule has 1 fully saturated rings. The van der Waals surface area contributed by atoms with Gasteiger partial charge in [0.1, 0.15) is 0 Å². The van der Waals surface area contributed by atoms with E-state index in [0.717, 1.165) is 42.8 Å². The van der Waals surface area contributed by atoms with Crippen molar-refractivity contribution < 1.29 is 0 Å². The van der Waals surface area contributed by atoms with Crippen molar-refractivity contribution in [2.75, 3.05) is 31.1 Å². The third-order valence-corrected chi connectivity index (χ3v) is 6.26. The number of rotatable bonds is 4. The molecule has 7 nitrogen and oxygen atoms in total. The van der Waals surface area contributed by atoms with Gasteiger partial charge in [-0.25, -0.2) is 0 Å². The van der Waals surface area contributed by atoms with Crippen LogP contribution in [0, 0.1) is 0 Å². The molecule has 0 N–H and O–H groups in total. The van der Waals surface area contributed by atoms with Crippen LogP contribution in [-0.2, 0) is 0 Å². The normalized spacial score (nSPS) is 15.1. The lowest BCUT2D eigenvalue weighted by atomic mass is 9.96. The lowest BCUT2D eigenvalue weighted by Crippen LogP contribution is -2.48. The zero-order valence-corrected chi connectivity index (χ0v) is 17.6. The van der Waals surface area contributed by atoms with Gasteiger partial charge >= 0.3 is 0 Å². The van der Waals surface area contributed by atoms with Gasteiger partial charge in [-0.05, 0) is 21.6 Å². The van der Waals surface area contributed by atoms with Crippen molar-refractivity contribution in [2.45, 2.75) is 6.04 Å². The number of hydrogen-bond donors (Lipinski definition) is 0. The van der Waals surface area contributed by atoms with Crippen molar-refractivity contribution in [3.63, 3.8) is 0 Å². The van der Waals surface area contributed by atoms with E-state index in [2.05, 4.69) is 98.1 Å². The van der Waals surface area contributed by atoms with Crippen LogP contribution in [0.25, 0.3) is 16.4 Å². The second-order valence-electron chi connectivity index (χ2n) is 8.11. The molecule has 2 aromatic heterocycles. The number of piperazine rings is 1. The average Bonchev–Trinajstić information content (AvgIpc) is 3.35. The van der Waals surface area contributed by atoms with E-state index >= 15 is 0 Å². The maximum atomic E-state index is 4.76. The van der Waals surface area contributed by atoms with Crippen LogP contribution in [0.1, 0.15) is 17.2 Å². The third kappa shape index (κ3) is 3.27. The van der Waals surface area contributed by atoms with Crippen LogP contribution in [0.2, 0.25) is 0 Å². The van der Waals surface area contributed by atoms with E-state index in [9.17, 15) is 0 Å². The van der Waals surface area contributed by atoms with Gasteiger partial charge in [-0.15, -0.1) is 14.8 Å². The maximum absolute atomic E-state index is 4.76. The lowest BCUT2D eigenvalue weighted by molar-refractivity contribution is 0.212. The highest BCUT2D eigenvalue weighted by Gasteiger charge is 2.28. The Morgan fingerprint density at radius 2 is 1.25 bits per heavy atom. The van der Waals surface area contributed by atoms with Gasteiger partial charge in [-0.1, -0.05) is 84.9 Å². The summed E-state index contributed by atoms with van der Waals surface area (Å²) < 4.78 is 1.54. The molecule has 6 rings (SSSR count). The molecule has 0 amide bonds. The number of aromatic nitrogens is 5. The smallest absolute Gasteiger partial charge is 0.207 e. The summed E-state index contributed by atoms with van der Waals surface area (Å²) in [7, 11) is 0. The molecule has 7 heteroatoms. The highest BCUT2D eigenvalue weighted by Crippen LogP contribution is 2.32. The standard InChI is InChI=1S/C25H23N7/c1-3-9-19(10-4-1)23(20-11-5-2-6-12-20)30-15-17-31(18-16-30)25-22-14-8-7-13-21(22)24-26-28-29-32(24)27-25/h1-14,23H,15-18H2. The van der Waals surface area contributed by atoms with E-state index < -0.39 is 0 Å². The second kappa shape index (κ2) is 8.01. The molecule has 1 aliphatic rings. The summed E-state index contributed by atoms with van der Waals surface area (Å²) in [4.78, 5) is 4.92. The summed E-state index contributed by atoms with van der Waals surface area (Å²) in [5, 5.41) is 18.9. The fourth-order valence-corrected chi connectivity index (χ4v) is 4.74. The first-order valence-electron chi connectivity index (χ1n) is 10.9. The van der Waals surface area contributed by atoms with Crippen LogP contribution in [0.3, 0.4) is 0 Å². The van der Waals surface area contributed by atoms with Crippen LogP contribution >= 0.6 is 0 Å². The fraction of sp³-hybridized carbons (Fsp3) is 0.200. The summed E-state index contributed by atoms with van der Waals surface area (Å²) in [5.74, 6) is 0.941. The number of benzene rings is 3. The molecule has 0 saturated carbocycles. The van der Waals surface area contributed by atoms with Crippen LogP contribution in [0.15, 0.2) is 84.9 Å². The minimum atomic E-state index is 0.242. The van der Waals surface area contributed by atoms with Gasteiger partial charge in [0.2, 0.25) is 5.65 Å². The molecule has 0 aliphatic carbocycles. The first-order valence-corrected chi connectivity index (χ1v) is 10.9. The number of fused-ring (bicyclic) bond motifs is 3. The molecule has 0 spiro atoms. The second-order valence-corrected chi connectivity index (χ2v) is 8.11. The van der Waals surface area contributed by atoms with Crippen molar-refractivity contribution in [3.05, 3.63) is 96.1 Å². The number of anilines is 1. The van der Waals surface area contributed by atoms with E-state index in [1.54, 1.807) is 4.63 Å². The topological polar surface area (TPSA) is 62.5 Å². The minimum Gasteiger partial charge on any atom is -0.352 e. The van der Waals surface area contributed by atoms with E-state index in [1.165, 1.54) is 11.1 Å².